The first-order valence-electron chi connectivity index (χ1n) is 6.36. The van der Waals surface area contributed by atoms with Gasteiger partial charge in [-0.3, -0.25) is 0 Å². The third-order valence-corrected chi connectivity index (χ3v) is 4.34. The zero-order valence-electron chi connectivity index (χ0n) is 10.6. The van der Waals surface area contributed by atoms with Gasteiger partial charge in [-0.15, -0.1) is 11.3 Å². The molecule has 0 radical (unpaired) electrons. The summed E-state index contributed by atoms with van der Waals surface area (Å²) in [4.78, 5) is 4.49. The molecule has 0 bridgehead atoms. The Morgan fingerprint density at radius 1 is 1.50 bits per heavy atom. The summed E-state index contributed by atoms with van der Waals surface area (Å²) in [7, 11) is 0. The predicted molar refractivity (Wildman–Crippen MR) is 75.8 cm³/mol. The first-order chi connectivity index (χ1) is 9.72. The second-order valence-electron chi connectivity index (χ2n) is 4.54. The Morgan fingerprint density at radius 2 is 2.40 bits per heavy atom. The van der Waals surface area contributed by atoms with E-state index >= 15 is 0 Å². The first kappa shape index (κ1) is 13.8. The molecule has 3 nitrogen and oxygen atoms in total. The number of aromatic nitrogens is 1. The largest absolute Gasteiger partial charge is 0.486 e. The van der Waals surface area contributed by atoms with Crippen LogP contribution in [0.3, 0.4) is 0 Å². The minimum Gasteiger partial charge on any atom is -0.486 e. The summed E-state index contributed by atoms with van der Waals surface area (Å²) in [6.07, 6.45) is 2.21. The molecule has 106 valence electrons. The van der Waals surface area contributed by atoms with E-state index < -0.39 is 0 Å². The third-order valence-electron chi connectivity index (χ3n) is 3.04. The van der Waals surface area contributed by atoms with Gasteiger partial charge in [0.2, 0.25) is 0 Å². The molecule has 1 saturated heterocycles. The van der Waals surface area contributed by atoms with Crippen molar-refractivity contribution in [2.24, 2.45) is 0 Å². The highest BCUT2D eigenvalue weighted by atomic mass is 35.5. The summed E-state index contributed by atoms with van der Waals surface area (Å²) >= 11 is 7.51. The lowest BCUT2D eigenvalue weighted by molar-refractivity contribution is 0.111. The van der Waals surface area contributed by atoms with Crippen molar-refractivity contribution in [3.05, 3.63) is 45.1 Å². The molecule has 1 aliphatic heterocycles. The quantitative estimate of drug-likeness (QED) is 0.840. The van der Waals surface area contributed by atoms with Gasteiger partial charge >= 0.3 is 0 Å². The molecule has 1 fully saturated rings. The summed E-state index contributed by atoms with van der Waals surface area (Å²) in [5.74, 6) is -0.0407. The normalized spacial score (nSPS) is 18.4. The molecule has 1 aliphatic rings. The maximum Gasteiger partial charge on any atom is 0.141 e. The Kier molecular flexibility index (Phi) is 4.19. The van der Waals surface area contributed by atoms with Crippen molar-refractivity contribution in [1.29, 1.82) is 0 Å². The molecule has 0 amide bonds. The van der Waals surface area contributed by atoms with Gasteiger partial charge in [0.25, 0.3) is 0 Å². The van der Waals surface area contributed by atoms with E-state index in [2.05, 4.69) is 4.98 Å². The summed E-state index contributed by atoms with van der Waals surface area (Å²) in [5, 5.41) is 3.30. The van der Waals surface area contributed by atoms with E-state index in [4.69, 9.17) is 21.1 Å². The zero-order chi connectivity index (χ0) is 13.9. The molecule has 1 atom stereocenters. The molecule has 0 spiro atoms. The Hall–Kier alpha value is -1.17. The first-order valence-corrected chi connectivity index (χ1v) is 7.62. The number of ether oxygens (including phenoxy) is 2. The standard InChI is InChI=1S/C14H13ClFNO2S/c15-11-4-3-9(16)6-13(11)19-7-10-8-20-14(17-10)12-2-1-5-18-12/h3-4,6,8,12H,1-2,5,7H2/t12-/m1/s1. The molecule has 0 N–H and O–H groups in total. The minimum atomic E-state index is -0.372. The van der Waals surface area contributed by atoms with Gasteiger partial charge in [-0.2, -0.15) is 0 Å². The zero-order valence-corrected chi connectivity index (χ0v) is 12.2. The van der Waals surface area contributed by atoms with Crippen LogP contribution in [0.1, 0.15) is 29.6 Å². The smallest absolute Gasteiger partial charge is 0.141 e. The van der Waals surface area contributed by atoms with Crippen LogP contribution in [-0.4, -0.2) is 11.6 Å². The van der Waals surface area contributed by atoms with E-state index in [1.165, 1.54) is 18.2 Å². The van der Waals surface area contributed by atoms with Crippen LogP contribution in [0.15, 0.2) is 23.6 Å². The minimum absolute atomic E-state index is 0.117. The molecule has 2 aromatic rings. The SMILES string of the molecule is Fc1ccc(Cl)c(OCc2csc([C@H]3CCCO3)n2)c1. The van der Waals surface area contributed by atoms with E-state index in [-0.39, 0.29) is 18.5 Å². The molecular formula is C14H13ClFNO2S. The fraction of sp³-hybridized carbons (Fsp3) is 0.357. The van der Waals surface area contributed by atoms with Crippen molar-refractivity contribution < 1.29 is 13.9 Å². The number of hydrogen-bond acceptors (Lipinski definition) is 4. The van der Waals surface area contributed by atoms with E-state index in [9.17, 15) is 4.39 Å². The molecule has 0 aliphatic carbocycles. The van der Waals surface area contributed by atoms with Gasteiger partial charge in [0, 0.05) is 18.1 Å². The van der Waals surface area contributed by atoms with Gasteiger partial charge in [-0.05, 0) is 25.0 Å². The van der Waals surface area contributed by atoms with Crippen LogP contribution in [0, 0.1) is 5.82 Å². The maximum atomic E-state index is 13.1. The van der Waals surface area contributed by atoms with Crippen LogP contribution < -0.4 is 4.74 Å². The Balaban J connectivity index is 1.64. The number of hydrogen-bond donors (Lipinski definition) is 0. The maximum absolute atomic E-state index is 13.1. The number of benzene rings is 1. The lowest BCUT2D eigenvalue weighted by atomic mass is 10.2. The highest BCUT2D eigenvalue weighted by molar-refractivity contribution is 7.09. The Labute approximate surface area is 125 Å². The average molecular weight is 314 g/mol. The number of halogens is 2. The fourth-order valence-electron chi connectivity index (χ4n) is 2.05. The second kappa shape index (κ2) is 6.08. The van der Waals surface area contributed by atoms with E-state index in [1.807, 2.05) is 5.38 Å². The van der Waals surface area contributed by atoms with Gasteiger partial charge in [-0.25, -0.2) is 9.37 Å². The summed E-state index contributed by atoms with van der Waals surface area (Å²) < 4.78 is 24.2. The van der Waals surface area contributed by atoms with Crippen molar-refractivity contribution in [3.8, 4) is 5.75 Å². The van der Waals surface area contributed by atoms with Gasteiger partial charge < -0.3 is 9.47 Å². The molecule has 1 aromatic heterocycles. The molecule has 1 aromatic carbocycles. The Bertz CT molecular complexity index is 599. The molecule has 20 heavy (non-hydrogen) atoms. The highest BCUT2D eigenvalue weighted by Crippen LogP contribution is 2.31. The second-order valence-corrected chi connectivity index (χ2v) is 5.84. The third kappa shape index (κ3) is 3.11. The molecule has 3 rings (SSSR count). The Morgan fingerprint density at radius 3 is 3.20 bits per heavy atom. The van der Waals surface area contributed by atoms with Crippen molar-refractivity contribution in [3.63, 3.8) is 0 Å². The topological polar surface area (TPSA) is 31.4 Å². The van der Waals surface area contributed by atoms with Gasteiger partial charge in [0.1, 0.15) is 29.3 Å². The highest BCUT2D eigenvalue weighted by Gasteiger charge is 2.20. The van der Waals surface area contributed by atoms with Crippen molar-refractivity contribution in [1.82, 2.24) is 4.98 Å². The van der Waals surface area contributed by atoms with Crippen molar-refractivity contribution in [2.75, 3.05) is 6.61 Å². The summed E-state index contributed by atoms with van der Waals surface area (Å²) in [6.45, 7) is 1.07. The molecule has 2 heterocycles. The lowest BCUT2D eigenvalue weighted by Gasteiger charge is -2.06. The fourth-order valence-corrected chi connectivity index (χ4v) is 3.11. The molecular weight excluding hydrogens is 301 g/mol. The number of nitrogens with zero attached hydrogens (tertiary/aromatic N) is 1. The molecule has 0 saturated carbocycles. The monoisotopic (exact) mass is 313 g/mol. The van der Waals surface area contributed by atoms with Gasteiger partial charge in [0.05, 0.1) is 10.7 Å². The van der Waals surface area contributed by atoms with Crippen LogP contribution in [-0.2, 0) is 11.3 Å². The van der Waals surface area contributed by atoms with E-state index in [0.717, 1.165) is 30.2 Å². The van der Waals surface area contributed by atoms with Gasteiger partial charge in [-0.1, -0.05) is 11.6 Å². The van der Waals surface area contributed by atoms with Crippen LogP contribution in [0.2, 0.25) is 5.02 Å². The van der Waals surface area contributed by atoms with Crippen LogP contribution >= 0.6 is 22.9 Å². The number of rotatable bonds is 4. The van der Waals surface area contributed by atoms with Crippen LogP contribution in [0.4, 0.5) is 4.39 Å². The van der Waals surface area contributed by atoms with E-state index in [0.29, 0.717) is 10.8 Å². The summed E-state index contributed by atoms with van der Waals surface area (Å²) in [6, 6.07) is 4.05. The van der Waals surface area contributed by atoms with Crippen molar-refractivity contribution >= 4 is 22.9 Å². The van der Waals surface area contributed by atoms with Crippen LogP contribution in [0.5, 0.6) is 5.75 Å². The van der Waals surface area contributed by atoms with Crippen LogP contribution in [0.25, 0.3) is 0 Å². The lowest BCUT2D eigenvalue weighted by Crippen LogP contribution is -1.99. The predicted octanol–water partition coefficient (Wildman–Crippen LogP) is 4.37. The van der Waals surface area contributed by atoms with E-state index in [1.54, 1.807) is 11.3 Å². The molecule has 0 unspecified atom stereocenters. The molecule has 6 heteroatoms. The average Bonchev–Trinajstić information content (AvgIpc) is 3.09. The van der Waals surface area contributed by atoms with Crippen molar-refractivity contribution in [2.45, 2.75) is 25.6 Å². The number of thiazole rings is 1. The van der Waals surface area contributed by atoms with Gasteiger partial charge in [0.15, 0.2) is 0 Å². The summed E-state index contributed by atoms with van der Waals surface area (Å²) in [5.41, 5.74) is 0.806.